The summed E-state index contributed by atoms with van der Waals surface area (Å²) in [6, 6.07) is 35.6. The van der Waals surface area contributed by atoms with E-state index >= 15 is 0 Å². The molecule has 192 valence electrons. The fraction of sp³-hybridized carbons (Fsp3) is 0.265. The van der Waals surface area contributed by atoms with Crippen molar-refractivity contribution in [2.24, 2.45) is 0 Å². The number of hydrogen-bond acceptors (Lipinski definition) is 3. The molecule has 4 heteroatoms. The van der Waals surface area contributed by atoms with Crippen molar-refractivity contribution in [3.63, 3.8) is 0 Å². The van der Waals surface area contributed by atoms with E-state index in [1.807, 2.05) is 30.3 Å². The number of carbonyl (C=O) groups excluding carboxylic acids is 1. The van der Waals surface area contributed by atoms with Gasteiger partial charge in [0.05, 0.1) is 0 Å². The highest BCUT2D eigenvalue weighted by molar-refractivity contribution is 5.81. The van der Waals surface area contributed by atoms with Crippen molar-refractivity contribution in [1.29, 1.82) is 0 Å². The van der Waals surface area contributed by atoms with Gasteiger partial charge in [0.25, 0.3) is 5.91 Å². The van der Waals surface area contributed by atoms with Gasteiger partial charge in [0.15, 0.2) is 6.61 Å². The van der Waals surface area contributed by atoms with Crippen molar-refractivity contribution < 1.29 is 9.53 Å². The van der Waals surface area contributed by atoms with Crippen LogP contribution in [0.15, 0.2) is 103 Å². The fourth-order valence-electron chi connectivity index (χ4n) is 6.46. The van der Waals surface area contributed by atoms with E-state index < -0.39 is 0 Å². The second kappa shape index (κ2) is 10.0. The minimum Gasteiger partial charge on any atom is -0.484 e. The zero-order chi connectivity index (χ0) is 26.1. The molecule has 2 aliphatic rings. The second-order valence-electron chi connectivity index (χ2n) is 10.6. The molecule has 2 atom stereocenters. The maximum atomic E-state index is 13.8. The highest BCUT2D eigenvalue weighted by Gasteiger charge is 2.58. The first-order valence-electron chi connectivity index (χ1n) is 13.5. The first-order valence-corrected chi connectivity index (χ1v) is 13.5. The number of carbonyl (C=O) groups is 1. The Labute approximate surface area is 225 Å². The maximum Gasteiger partial charge on any atom is 0.262 e. The van der Waals surface area contributed by atoms with Gasteiger partial charge in [0, 0.05) is 24.2 Å². The second-order valence-corrected chi connectivity index (χ2v) is 10.6. The summed E-state index contributed by atoms with van der Waals surface area (Å²) in [5, 5.41) is 0. The van der Waals surface area contributed by atoms with Gasteiger partial charge in [0.2, 0.25) is 0 Å². The minimum atomic E-state index is -0.187. The standard InChI is InChI=1S/C34H34N2O2/c1-25-12-6-8-14-27(25)22-34-20-21-35(32(37)24-38-29-16-4-3-5-17-29)33(34)36(31-19-11-10-18-30(31)34)23-28-15-9-7-13-26(28)2/h3-19,33H,20-24H2,1-2H3. The van der Waals surface area contributed by atoms with E-state index in [1.54, 1.807) is 0 Å². The Balaban J connectivity index is 1.41. The molecule has 4 nitrogen and oxygen atoms in total. The lowest BCUT2D eigenvalue weighted by molar-refractivity contribution is -0.134. The quantitative estimate of drug-likeness (QED) is 0.291. The summed E-state index contributed by atoms with van der Waals surface area (Å²) < 4.78 is 5.94. The maximum absolute atomic E-state index is 13.8. The van der Waals surface area contributed by atoms with Crippen LogP contribution in [-0.2, 0) is 23.2 Å². The minimum absolute atomic E-state index is 0.0353. The van der Waals surface area contributed by atoms with Crippen LogP contribution >= 0.6 is 0 Å². The Morgan fingerprint density at radius 1 is 0.816 bits per heavy atom. The number of ether oxygens (including phenoxy) is 1. The average Bonchev–Trinajstić information content (AvgIpc) is 3.44. The van der Waals surface area contributed by atoms with E-state index in [9.17, 15) is 4.79 Å². The van der Waals surface area contributed by atoms with E-state index in [0.717, 1.165) is 25.1 Å². The molecular formula is C34H34N2O2. The molecule has 0 aliphatic carbocycles. The molecule has 4 aromatic carbocycles. The smallest absolute Gasteiger partial charge is 0.262 e. The highest BCUT2D eigenvalue weighted by Crippen LogP contribution is 2.54. The van der Waals surface area contributed by atoms with Crippen LogP contribution < -0.4 is 9.64 Å². The third-order valence-corrected chi connectivity index (χ3v) is 8.43. The topological polar surface area (TPSA) is 32.8 Å². The third kappa shape index (κ3) is 4.24. The third-order valence-electron chi connectivity index (χ3n) is 8.43. The summed E-state index contributed by atoms with van der Waals surface area (Å²) in [6.45, 7) is 5.87. The largest absolute Gasteiger partial charge is 0.484 e. The first-order chi connectivity index (χ1) is 18.6. The Morgan fingerprint density at radius 2 is 1.45 bits per heavy atom. The predicted molar refractivity (Wildman–Crippen MR) is 152 cm³/mol. The summed E-state index contributed by atoms with van der Waals surface area (Å²) >= 11 is 0. The van der Waals surface area contributed by atoms with Crippen LogP contribution in [0.4, 0.5) is 5.69 Å². The number of amides is 1. The molecule has 2 heterocycles. The zero-order valence-electron chi connectivity index (χ0n) is 22.1. The summed E-state index contributed by atoms with van der Waals surface area (Å²) in [7, 11) is 0. The molecule has 4 aromatic rings. The van der Waals surface area contributed by atoms with Crippen molar-refractivity contribution in [3.8, 4) is 5.75 Å². The van der Waals surface area contributed by atoms with E-state index in [0.29, 0.717) is 6.54 Å². The lowest BCUT2D eigenvalue weighted by atomic mass is 9.73. The predicted octanol–water partition coefficient (Wildman–Crippen LogP) is 6.44. The number of nitrogens with zero attached hydrogens (tertiary/aromatic N) is 2. The Morgan fingerprint density at radius 3 is 2.18 bits per heavy atom. The van der Waals surface area contributed by atoms with Crippen LogP contribution in [0.25, 0.3) is 0 Å². The zero-order valence-corrected chi connectivity index (χ0v) is 22.1. The summed E-state index contributed by atoms with van der Waals surface area (Å²) in [4.78, 5) is 18.4. The molecule has 0 aromatic heterocycles. The first kappa shape index (κ1) is 24.3. The Hall–Kier alpha value is -4.05. The molecular weight excluding hydrogens is 468 g/mol. The van der Waals surface area contributed by atoms with Crippen molar-refractivity contribution in [2.75, 3.05) is 18.1 Å². The van der Waals surface area contributed by atoms with Crippen molar-refractivity contribution in [2.45, 2.75) is 44.8 Å². The Kier molecular flexibility index (Phi) is 6.40. The van der Waals surface area contributed by atoms with Crippen molar-refractivity contribution >= 4 is 11.6 Å². The average molecular weight is 503 g/mol. The van der Waals surface area contributed by atoms with Gasteiger partial charge in [-0.1, -0.05) is 84.9 Å². The summed E-state index contributed by atoms with van der Waals surface area (Å²) in [6.07, 6.45) is 1.74. The van der Waals surface area contributed by atoms with Crippen LogP contribution in [0.1, 0.15) is 34.2 Å². The monoisotopic (exact) mass is 502 g/mol. The van der Waals surface area contributed by atoms with Gasteiger partial charge in [-0.05, 0) is 72.7 Å². The van der Waals surface area contributed by atoms with E-state index in [-0.39, 0.29) is 24.1 Å². The number of para-hydroxylation sites is 2. The van der Waals surface area contributed by atoms with E-state index in [1.165, 1.54) is 33.5 Å². The van der Waals surface area contributed by atoms with Crippen LogP contribution in [0.5, 0.6) is 5.75 Å². The van der Waals surface area contributed by atoms with Gasteiger partial charge in [-0.15, -0.1) is 0 Å². The van der Waals surface area contributed by atoms with Crippen molar-refractivity contribution in [3.05, 3.63) is 131 Å². The van der Waals surface area contributed by atoms with Gasteiger partial charge >= 0.3 is 0 Å². The van der Waals surface area contributed by atoms with Gasteiger partial charge < -0.3 is 14.5 Å². The molecule has 38 heavy (non-hydrogen) atoms. The molecule has 0 radical (unpaired) electrons. The molecule has 1 fully saturated rings. The van der Waals surface area contributed by atoms with Crippen LogP contribution in [-0.4, -0.2) is 30.1 Å². The summed E-state index contributed by atoms with van der Waals surface area (Å²) in [5.41, 5.74) is 7.59. The van der Waals surface area contributed by atoms with Crippen molar-refractivity contribution in [1.82, 2.24) is 4.90 Å². The van der Waals surface area contributed by atoms with Crippen LogP contribution in [0.2, 0.25) is 0 Å². The van der Waals surface area contributed by atoms with E-state index in [4.69, 9.17) is 4.74 Å². The molecule has 2 aliphatic heterocycles. The van der Waals surface area contributed by atoms with Gasteiger partial charge in [-0.3, -0.25) is 4.79 Å². The number of hydrogen-bond donors (Lipinski definition) is 0. The van der Waals surface area contributed by atoms with Gasteiger partial charge in [-0.25, -0.2) is 0 Å². The van der Waals surface area contributed by atoms with Gasteiger partial charge in [0.1, 0.15) is 11.9 Å². The Bertz CT molecular complexity index is 1450. The molecule has 1 saturated heterocycles. The lowest BCUT2D eigenvalue weighted by Gasteiger charge is -2.39. The summed E-state index contributed by atoms with van der Waals surface area (Å²) in [5.74, 6) is 0.755. The van der Waals surface area contributed by atoms with E-state index in [2.05, 4.69) is 96.4 Å². The number of fused-ring (bicyclic) bond motifs is 3. The number of anilines is 1. The molecule has 0 N–H and O–H groups in total. The molecule has 0 bridgehead atoms. The van der Waals surface area contributed by atoms with Crippen LogP contribution in [0.3, 0.4) is 0 Å². The number of likely N-dealkylation sites (tertiary alicyclic amines) is 1. The molecule has 1 amide bonds. The number of rotatable bonds is 7. The normalized spacial score (nSPS) is 19.8. The highest BCUT2D eigenvalue weighted by atomic mass is 16.5. The van der Waals surface area contributed by atoms with Crippen LogP contribution in [0, 0.1) is 13.8 Å². The molecule has 2 unspecified atom stereocenters. The van der Waals surface area contributed by atoms with Gasteiger partial charge in [-0.2, -0.15) is 0 Å². The molecule has 6 rings (SSSR count). The molecule has 0 spiro atoms. The molecule has 0 saturated carbocycles. The number of benzene rings is 4. The fourth-order valence-corrected chi connectivity index (χ4v) is 6.46. The number of aryl methyl sites for hydroxylation is 2. The lowest BCUT2D eigenvalue weighted by Crippen LogP contribution is -2.53. The SMILES string of the molecule is Cc1ccccc1CN1c2ccccc2C2(Cc3ccccc3C)CCN(C(=O)COc3ccccc3)C12.